The second-order valence-corrected chi connectivity index (χ2v) is 5.69. The number of nitrogen functional groups attached to an aromatic ring is 1. The van der Waals surface area contributed by atoms with Gasteiger partial charge in [0.2, 0.25) is 0 Å². The van der Waals surface area contributed by atoms with Gasteiger partial charge in [-0.05, 0) is 30.4 Å². The first-order chi connectivity index (χ1) is 10.8. The maximum Gasteiger partial charge on any atom is 0.182 e. The number of nitrogens with two attached hydrogens (primary N) is 1. The van der Waals surface area contributed by atoms with E-state index in [4.69, 9.17) is 5.73 Å². The van der Waals surface area contributed by atoms with Crippen LogP contribution in [-0.4, -0.2) is 38.0 Å². The number of hydrogen-bond acceptors (Lipinski definition) is 6. The topological polar surface area (TPSA) is 96.6 Å². The highest BCUT2D eigenvalue weighted by Gasteiger charge is 2.25. The van der Waals surface area contributed by atoms with E-state index in [2.05, 4.69) is 35.9 Å². The monoisotopic (exact) mass is 295 g/mol. The smallest absolute Gasteiger partial charge is 0.182 e. The predicted molar refractivity (Wildman–Crippen MR) is 84.4 cm³/mol. The van der Waals surface area contributed by atoms with E-state index in [9.17, 15) is 0 Å². The molecule has 112 valence electrons. The van der Waals surface area contributed by atoms with Crippen molar-refractivity contribution in [3.8, 4) is 0 Å². The molecule has 0 amide bonds. The minimum Gasteiger partial charge on any atom is -0.384 e. The molecule has 22 heavy (non-hydrogen) atoms. The zero-order valence-electron chi connectivity index (χ0n) is 12.1. The standard InChI is InChI=1S/C15H17N7/c16-12-2-1-10(6-17-12)5-11-3-4-22(7-11)15-13-14(19-8-18-13)20-9-21-15/h1-2,6,8-9,11H,3-5,7H2,(H2,16,17)(H,18,19,20,21). The maximum atomic E-state index is 5.63. The van der Waals surface area contributed by atoms with E-state index >= 15 is 0 Å². The lowest BCUT2D eigenvalue weighted by Crippen LogP contribution is -2.21. The van der Waals surface area contributed by atoms with E-state index in [1.54, 1.807) is 12.7 Å². The Labute approximate surface area is 127 Å². The number of rotatable bonds is 3. The Balaban J connectivity index is 1.50. The van der Waals surface area contributed by atoms with Gasteiger partial charge in [-0.1, -0.05) is 6.07 Å². The van der Waals surface area contributed by atoms with Gasteiger partial charge in [-0.3, -0.25) is 0 Å². The summed E-state index contributed by atoms with van der Waals surface area (Å²) in [6.45, 7) is 1.98. The van der Waals surface area contributed by atoms with Gasteiger partial charge in [-0.15, -0.1) is 0 Å². The van der Waals surface area contributed by atoms with E-state index < -0.39 is 0 Å². The molecule has 4 rings (SSSR count). The molecule has 3 aromatic heterocycles. The van der Waals surface area contributed by atoms with Gasteiger partial charge in [0.15, 0.2) is 11.5 Å². The van der Waals surface area contributed by atoms with Gasteiger partial charge in [0.05, 0.1) is 6.33 Å². The first kappa shape index (κ1) is 13.0. The van der Waals surface area contributed by atoms with Crippen LogP contribution in [0, 0.1) is 5.92 Å². The third-order valence-corrected chi connectivity index (χ3v) is 4.16. The van der Waals surface area contributed by atoms with Crippen molar-refractivity contribution >= 4 is 22.8 Å². The molecular formula is C15H17N7. The fourth-order valence-corrected chi connectivity index (χ4v) is 3.07. The van der Waals surface area contributed by atoms with Crippen LogP contribution in [0.25, 0.3) is 11.2 Å². The van der Waals surface area contributed by atoms with Gasteiger partial charge in [-0.25, -0.2) is 19.9 Å². The summed E-state index contributed by atoms with van der Waals surface area (Å²) in [4.78, 5) is 22.4. The predicted octanol–water partition coefficient (Wildman–Crippen LogP) is 1.40. The van der Waals surface area contributed by atoms with Crippen LogP contribution in [0.2, 0.25) is 0 Å². The van der Waals surface area contributed by atoms with E-state index in [1.165, 1.54) is 5.56 Å². The fourth-order valence-electron chi connectivity index (χ4n) is 3.07. The highest BCUT2D eigenvalue weighted by atomic mass is 15.2. The Bertz CT molecular complexity index is 780. The molecule has 3 aromatic rings. The number of nitrogens with zero attached hydrogens (tertiary/aromatic N) is 5. The van der Waals surface area contributed by atoms with Crippen molar-refractivity contribution in [1.29, 1.82) is 0 Å². The molecule has 1 saturated heterocycles. The molecule has 3 N–H and O–H groups in total. The number of fused-ring (bicyclic) bond motifs is 1. The van der Waals surface area contributed by atoms with Crippen LogP contribution in [0.1, 0.15) is 12.0 Å². The summed E-state index contributed by atoms with van der Waals surface area (Å²) in [5, 5.41) is 0. The molecule has 0 bridgehead atoms. The molecule has 7 heteroatoms. The Kier molecular flexibility index (Phi) is 3.10. The van der Waals surface area contributed by atoms with Crippen molar-refractivity contribution in [3.63, 3.8) is 0 Å². The molecule has 0 saturated carbocycles. The third-order valence-electron chi connectivity index (χ3n) is 4.16. The summed E-state index contributed by atoms with van der Waals surface area (Å²) in [5.41, 5.74) is 8.50. The van der Waals surface area contributed by atoms with Crippen molar-refractivity contribution in [2.24, 2.45) is 5.92 Å². The highest BCUT2D eigenvalue weighted by molar-refractivity contribution is 5.82. The van der Waals surface area contributed by atoms with Crippen molar-refractivity contribution < 1.29 is 0 Å². The number of anilines is 2. The summed E-state index contributed by atoms with van der Waals surface area (Å²) >= 11 is 0. The average Bonchev–Trinajstić information content (AvgIpc) is 3.18. The average molecular weight is 295 g/mol. The van der Waals surface area contributed by atoms with Gasteiger partial charge in [0, 0.05) is 19.3 Å². The first-order valence-corrected chi connectivity index (χ1v) is 7.39. The van der Waals surface area contributed by atoms with Gasteiger partial charge >= 0.3 is 0 Å². The number of imidazole rings is 1. The van der Waals surface area contributed by atoms with Gasteiger partial charge in [0.1, 0.15) is 17.7 Å². The third kappa shape index (κ3) is 2.34. The van der Waals surface area contributed by atoms with Crippen LogP contribution in [0.3, 0.4) is 0 Å². The minimum absolute atomic E-state index is 0.569. The second-order valence-electron chi connectivity index (χ2n) is 5.69. The van der Waals surface area contributed by atoms with E-state index in [0.717, 1.165) is 42.9 Å². The number of pyridine rings is 1. The summed E-state index contributed by atoms with van der Waals surface area (Å²) in [6, 6.07) is 3.92. The molecular weight excluding hydrogens is 278 g/mol. The molecule has 0 aliphatic carbocycles. The SMILES string of the molecule is Nc1ccc(CC2CCN(c3ncnc4nc[nH]c34)C2)cn1. The van der Waals surface area contributed by atoms with Gasteiger partial charge < -0.3 is 15.6 Å². The zero-order chi connectivity index (χ0) is 14.9. The van der Waals surface area contributed by atoms with Crippen molar-refractivity contribution in [1.82, 2.24) is 24.9 Å². The van der Waals surface area contributed by atoms with Crippen LogP contribution >= 0.6 is 0 Å². The molecule has 7 nitrogen and oxygen atoms in total. The first-order valence-electron chi connectivity index (χ1n) is 7.39. The molecule has 0 radical (unpaired) electrons. The molecule has 1 aliphatic heterocycles. The lowest BCUT2D eigenvalue weighted by Gasteiger charge is -2.17. The lowest BCUT2D eigenvalue weighted by molar-refractivity contribution is 0.585. The summed E-state index contributed by atoms with van der Waals surface area (Å²) < 4.78 is 0. The zero-order valence-corrected chi connectivity index (χ0v) is 12.1. The summed E-state index contributed by atoms with van der Waals surface area (Å²) in [7, 11) is 0. The molecule has 1 aliphatic rings. The fraction of sp³-hybridized carbons (Fsp3) is 0.333. The number of nitrogens with one attached hydrogen (secondary N) is 1. The molecule has 1 unspecified atom stereocenters. The highest BCUT2D eigenvalue weighted by Crippen LogP contribution is 2.28. The van der Waals surface area contributed by atoms with Crippen LogP contribution in [-0.2, 0) is 6.42 Å². The Morgan fingerprint density at radius 2 is 2.18 bits per heavy atom. The van der Waals surface area contributed by atoms with E-state index in [1.807, 2.05) is 12.3 Å². The van der Waals surface area contributed by atoms with E-state index in [-0.39, 0.29) is 0 Å². The number of H-pyrrole nitrogens is 1. The van der Waals surface area contributed by atoms with Crippen LogP contribution in [0.4, 0.5) is 11.6 Å². The van der Waals surface area contributed by atoms with Crippen LogP contribution in [0.5, 0.6) is 0 Å². The van der Waals surface area contributed by atoms with Crippen LogP contribution in [0.15, 0.2) is 31.0 Å². The Hall–Kier alpha value is -2.70. The number of aromatic nitrogens is 5. The van der Waals surface area contributed by atoms with E-state index in [0.29, 0.717) is 11.7 Å². The van der Waals surface area contributed by atoms with Gasteiger partial charge in [0.25, 0.3) is 0 Å². The molecule has 1 atom stereocenters. The lowest BCUT2D eigenvalue weighted by atomic mass is 10.00. The molecule has 0 aromatic carbocycles. The quantitative estimate of drug-likeness (QED) is 0.758. The van der Waals surface area contributed by atoms with Crippen molar-refractivity contribution in [2.45, 2.75) is 12.8 Å². The number of hydrogen-bond donors (Lipinski definition) is 2. The summed E-state index contributed by atoms with van der Waals surface area (Å²) in [5.74, 6) is 2.11. The van der Waals surface area contributed by atoms with Crippen molar-refractivity contribution in [3.05, 3.63) is 36.5 Å². The Morgan fingerprint density at radius 3 is 3.05 bits per heavy atom. The normalized spacial score (nSPS) is 18.2. The molecule has 4 heterocycles. The molecule has 1 fully saturated rings. The summed E-state index contributed by atoms with van der Waals surface area (Å²) in [6.07, 6.45) is 7.27. The minimum atomic E-state index is 0.569. The van der Waals surface area contributed by atoms with Crippen LogP contribution < -0.4 is 10.6 Å². The Morgan fingerprint density at radius 1 is 1.23 bits per heavy atom. The second kappa shape index (κ2) is 5.25. The van der Waals surface area contributed by atoms with Gasteiger partial charge in [-0.2, -0.15) is 0 Å². The maximum absolute atomic E-state index is 5.63. The largest absolute Gasteiger partial charge is 0.384 e. The molecule has 0 spiro atoms. The number of aromatic amines is 1. The van der Waals surface area contributed by atoms with Crippen molar-refractivity contribution in [2.75, 3.05) is 23.7 Å².